The molecule has 0 bridgehead atoms. The number of fused-ring (bicyclic) bond motifs is 1. The summed E-state index contributed by atoms with van der Waals surface area (Å²) in [6, 6.07) is 10.9. The fraction of sp³-hybridized carbons (Fsp3) is 0.208. The second kappa shape index (κ2) is 9.72. The van der Waals surface area contributed by atoms with Gasteiger partial charge in [-0.3, -0.25) is 14.9 Å². The Bertz CT molecular complexity index is 1340. The summed E-state index contributed by atoms with van der Waals surface area (Å²) in [5.74, 6) is -0.494. The Hall–Kier alpha value is -4.23. The van der Waals surface area contributed by atoms with Crippen LogP contribution in [0.1, 0.15) is 39.4 Å². The van der Waals surface area contributed by atoms with Crippen molar-refractivity contribution >= 4 is 40.0 Å². The van der Waals surface area contributed by atoms with E-state index in [1.165, 1.54) is 36.7 Å². The lowest BCUT2D eigenvalue weighted by molar-refractivity contribution is -0.384. The summed E-state index contributed by atoms with van der Waals surface area (Å²) in [5, 5.41) is 23.4. The largest absolute Gasteiger partial charge is 0.465 e. The number of nitro benzene ring substituents is 1. The van der Waals surface area contributed by atoms with Crippen LogP contribution in [-0.2, 0) is 22.4 Å². The summed E-state index contributed by atoms with van der Waals surface area (Å²) in [6.45, 7) is 0. The Labute approximate surface area is 198 Å². The number of non-ortho nitro benzene ring substituents is 1. The first-order chi connectivity index (χ1) is 16.4. The molecule has 9 nitrogen and oxygen atoms in total. The number of carbonyl (C=O) groups excluding carboxylic acids is 2. The van der Waals surface area contributed by atoms with Crippen LogP contribution in [0.3, 0.4) is 0 Å². The van der Waals surface area contributed by atoms with Crippen molar-refractivity contribution in [1.82, 2.24) is 0 Å². The van der Waals surface area contributed by atoms with E-state index in [0.717, 1.165) is 36.1 Å². The van der Waals surface area contributed by atoms with Crippen LogP contribution in [0, 0.1) is 21.4 Å². The zero-order valence-corrected chi connectivity index (χ0v) is 18.9. The van der Waals surface area contributed by atoms with E-state index in [1.807, 2.05) is 6.07 Å². The van der Waals surface area contributed by atoms with Crippen LogP contribution in [0.4, 0.5) is 10.7 Å². The predicted molar refractivity (Wildman–Crippen MR) is 125 cm³/mol. The molecule has 0 radical (unpaired) electrons. The first kappa shape index (κ1) is 22.9. The van der Waals surface area contributed by atoms with E-state index in [4.69, 9.17) is 9.15 Å². The molecule has 0 saturated carbocycles. The molecule has 0 atom stereocenters. The highest BCUT2D eigenvalue weighted by molar-refractivity contribution is 7.17. The summed E-state index contributed by atoms with van der Waals surface area (Å²) >= 11 is 1.33. The van der Waals surface area contributed by atoms with Gasteiger partial charge in [-0.1, -0.05) is 0 Å². The molecule has 0 fully saturated rings. The zero-order valence-electron chi connectivity index (χ0n) is 18.1. The fourth-order valence-electron chi connectivity index (χ4n) is 3.77. The van der Waals surface area contributed by atoms with Gasteiger partial charge >= 0.3 is 5.97 Å². The lowest BCUT2D eigenvalue weighted by Gasteiger charge is -2.11. The number of nitriles is 1. The van der Waals surface area contributed by atoms with E-state index < -0.39 is 16.8 Å². The van der Waals surface area contributed by atoms with Crippen molar-refractivity contribution in [3.63, 3.8) is 0 Å². The lowest BCUT2D eigenvalue weighted by atomic mass is 9.95. The highest BCUT2D eigenvalue weighted by Gasteiger charge is 2.27. The number of aryl methyl sites for hydroxylation is 1. The maximum Gasteiger partial charge on any atom is 0.341 e. The standard InChI is InChI=1S/C24H19N3O6S/c1-32-24(29)21-18-4-2-3-5-20(18)34-23(21)26-22(28)15(13-25)12-17-10-11-19(33-17)14-6-8-16(9-7-14)27(30)31/h6-12H,2-5H2,1H3,(H,26,28). The van der Waals surface area contributed by atoms with Gasteiger partial charge < -0.3 is 14.5 Å². The molecule has 172 valence electrons. The number of anilines is 1. The van der Waals surface area contributed by atoms with E-state index in [-0.39, 0.29) is 17.0 Å². The van der Waals surface area contributed by atoms with E-state index >= 15 is 0 Å². The molecular formula is C24H19N3O6S. The van der Waals surface area contributed by atoms with Crippen molar-refractivity contribution < 1.29 is 23.7 Å². The average molecular weight is 477 g/mol. The maximum absolute atomic E-state index is 12.8. The zero-order chi connectivity index (χ0) is 24.2. The molecule has 10 heteroatoms. The van der Waals surface area contributed by atoms with Gasteiger partial charge in [0.25, 0.3) is 11.6 Å². The molecule has 3 aromatic rings. The van der Waals surface area contributed by atoms with Gasteiger partial charge in [-0.15, -0.1) is 11.3 Å². The first-order valence-corrected chi connectivity index (χ1v) is 11.2. The highest BCUT2D eigenvalue weighted by atomic mass is 32.1. The number of nitro groups is 1. The van der Waals surface area contributed by atoms with Crippen molar-refractivity contribution in [2.45, 2.75) is 25.7 Å². The molecule has 0 unspecified atom stereocenters. The number of carbonyl (C=O) groups is 2. The minimum Gasteiger partial charge on any atom is -0.465 e. The fourth-order valence-corrected chi connectivity index (χ4v) is 5.04. The molecule has 2 aromatic heterocycles. The number of nitrogens with zero attached hydrogens (tertiary/aromatic N) is 2. The summed E-state index contributed by atoms with van der Waals surface area (Å²) in [6.07, 6.45) is 4.85. The number of thiophene rings is 1. The molecule has 0 aliphatic heterocycles. The first-order valence-electron chi connectivity index (χ1n) is 10.4. The lowest BCUT2D eigenvalue weighted by Crippen LogP contribution is -2.16. The number of rotatable bonds is 6. The predicted octanol–water partition coefficient (Wildman–Crippen LogP) is 5.13. The number of furan rings is 1. The van der Waals surface area contributed by atoms with Crippen molar-refractivity contribution in [1.29, 1.82) is 5.26 Å². The number of hydrogen-bond donors (Lipinski definition) is 1. The van der Waals surface area contributed by atoms with Gasteiger partial charge in [0.2, 0.25) is 0 Å². The Morgan fingerprint density at radius 1 is 1.21 bits per heavy atom. The number of benzene rings is 1. The summed E-state index contributed by atoms with van der Waals surface area (Å²) in [4.78, 5) is 36.6. The number of hydrogen-bond acceptors (Lipinski definition) is 8. The van der Waals surface area contributed by atoms with Crippen molar-refractivity contribution in [2.24, 2.45) is 0 Å². The minimum atomic E-state index is -0.667. The molecule has 1 aliphatic rings. The quantitative estimate of drug-likeness (QED) is 0.171. The monoisotopic (exact) mass is 477 g/mol. The molecular weight excluding hydrogens is 458 g/mol. The molecule has 0 saturated heterocycles. The molecule has 34 heavy (non-hydrogen) atoms. The van der Waals surface area contributed by atoms with Gasteiger partial charge in [-0.05, 0) is 55.5 Å². The topological polar surface area (TPSA) is 135 Å². The summed E-state index contributed by atoms with van der Waals surface area (Å²) in [5.41, 5.74) is 1.62. The third-order valence-electron chi connectivity index (χ3n) is 5.43. The van der Waals surface area contributed by atoms with Crippen molar-refractivity contribution in [3.05, 3.63) is 73.8 Å². The Kier molecular flexibility index (Phi) is 6.56. The highest BCUT2D eigenvalue weighted by Crippen LogP contribution is 2.38. The molecule has 2 heterocycles. The van der Waals surface area contributed by atoms with Crippen molar-refractivity contribution in [2.75, 3.05) is 12.4 Å². The average Bonchev–Trinajstić information content (AvgIpc) is 3.46. The van der Waals surface area contributed by atoms with E-state index in [9.17, 15) is 25.0 Å². The number of esters is 1. The van der Waals surface area contributed by atoms with Gasteiger partial charge in [0, 0.05) is 28.6 Å². The molecule has 1 N–H and O–H groups in total. The maximum atomic E-state index is 12.8. The third-order valence-corrected chi connectivity index (χ3v) is 6.64. The molecule has 0 spiro atoms. The summed E-state index contributed by atoms with van der Waals surface area (Å²) < 4.78 is 10.6. The van der Waals surface area contributed by atoms with E-state index in [0.29, 0.717) is 21.9 Å². The Balaban J connectivity index is 1.57. The van der Waals surface area contributed by atoms with Crippen LogP contribution in [-0.4, -0.2) is 23.9 Å². The minimum absolute atomic E-state index is 0.0413. The number of nitrogens with one attached hydrogen (secondary N) is 1. The van der Waals surface area contributed by atoms with Gasteiger partial charge in [0.1, 0.15) is 28.2 Å². The van der Waals surface area contributed by atoms with Crippen LogP contribution in [0.15, 0.2) is 46.4 Å². The number of methoxy groups -OCH3 is 1. The second-order valence-electron chi connectivity index (χ2n) is 7.54. The third kappa shape index (κ3) is 4.60. The van der Waals surface area contributed by atoms with Gasteiger partial charge in [-0.2, -0.15) is 5.26 Å². The smallest absolute Gasteiger partial charge is 0.341 e. The molecule has 4 rings (SSSR count). The van der Waals surface area contributed by atoms with Gasteiger partial charge in [-0.25, -0.2) is 4.79 Å². The number of ether oxygens (including phenoxy) is 1. The number of amides is 1. The van der Waals surface area contributed by atoms with Crippen LogP contribution >= 0.6 is 11.3 Å². The van der Waals surface area contributed by atoms with Crippen LogP contribution in [0.5, 0.6) is 0 Å². The van der Waals surface area contributed by atoms with E-state index in [1.54, 1.807) is 24.3 Å². The molecule has 1 aromatic carbocycles. The normalized spacial score (nSPS) is 13.0. The van der Waals surface area contributed by atoms with E-state index in [2.05, 4.69) is 5.32 Å². The van der Waals surface area contributed by atoms with Crippen LogP contribution in [0.25, 0.3) is 17.4 Å². The second-order valence-corrected chi connectivity index (χ2v) is 8.64. The van der Waals surface area contributed by atoms with Crippen LogP contribution in [0.2, 0.25) is 0 Å². The Morgan fingerprint density at radius 3 is 2.62 bits per heavy atom. The Morgan fingerprint density at radius 2 is 1.94 bits per heavy atom. The van der Waals surface area contributed by atoms with Gasteiger partial charge in [0.05, 0.1) is 17.6 Å². The van der Waals surface area contributed by atoms with Crippen LogP contribution < -0.4 is 5.32 Å². The SMILES string of the molecule is COC(=O)c1c(NC(=O)C(C#N)=Cc2ccc(-c3ccc([N+](=O)[O-])cc3)o2)sc2c1CCCC2. The molecule has 1 aliphatic carbocycles. The summed E-state index contributed by atoms with van der Waals surface area (Å²) in [7, 11) is 1.29. The van der Waals surface area contributed by atoms with Gasteiger partial charge in [0.15, 0.2) is 0 Å². The molecule has 1 amide bonds. The van der Waals surface area contributed by atoms with Crippen molar-refractivity contribution in [3.8, 4) is 17.4 Å².